The number of amides is 2. The van der Waals surface area contributed by atoms with E-state index in [9.17, 15) is 9.59 Å². The van der Waals surface area contributed by atoms with Gasteiger partial charge in [-0.3, -0.25) is 14.6 Å². The maximum atomic E-state index is 11.9. The summed E-state index contributed by atoms with van der Waals surface area (Å²) in [6.07, 6.45) is 6.48. The number of ether oxygens (including phenoxy) is 1. The maximum absolute atomic E-state index is 11.9. The highest BCUT2D eigenvalue weighted by Crippen LogP contribution is 2.19. The number of rotatable bonds is 8. The zero-order valence-electron chi connectivity index (χ0n) is 14.1. The van der Waals surface area contributed by atoms with Crippen molar-refractivity contribution in [2.75, 3.05) is 13.2 Å². The van der Waals surface area contributed by atoms with E-state index in [-0.39, 0.29) is 18.4 Å². The van der Waals surface area contributed by atoms with Crippen LogP contribution in [0.5, 0.6) is 5.75 Å². The Morgan fingerprint density at radius 2 is 2.00 bits per heavy atom. The Bertz CT molecular complexity index is 730. The predicted octanol–water partition coefficient (Wildman–Crippen LogP) is 1.93. The zero-order chi connectivity index (χ0) is 17.9. The summed E-state index contributed by atoms with van der Waals surface area (Å²) in [5.41, 5.74) is 1.65. The van der Waals surface area contributed by atoms with Crippen molar-refractivity contribution in [3.63, 3.8) is 0 Å². The maximum Gasteiger partial charge on any atom is 0.257 e. The van der Waals surface area contributed by atoms with E-state index >= 15 is 0 Å². The number of pyridine rings is 1. The molecule has 1 heterocycles. The molecule has 6 nitrogen and oxygen atoms in total. The number of hydrogen-bond donors (Lipinski definition) is 2. The summed E-state index contributed by atoms with van der Waals surface area (Å²) < 4.78 is 5.51. The Balaban J connectivity index is 1.91. The van der Waals surface area contributed by atoms with Crippen molar-refractivity contribution >= 4 is 17.9 Å². The molecule has 0 fully saturated rings. The third kappa shape index (κ3) is 6.47. The highest BCUT2D eigenvalue weighted by Gasteiger charge is 2.04. The molecular formula is C19H21N3O3. The van der Waals surface area contributed by atoms with Crippen molar-refractivity contribution in [3.8, 4) is 5.75 Å². The topological polar surface area (TPSA) is 80.3 Å². The molecular weight excluding hydrogens is 318 g/mol. The highest BCUT2D eigenvalue weighted by molar-refractivity contribution is 5.92. The first-order valence-electron chi connectivity index (χ1n) is 8.02. The van der Waals surface area contributed by atoms with E-state index in [4.69, 9.17) is 4.74 Å². The third-order valence-electron chi connectivity index (χ3n) is 3.26. The molecule has 0 unspecified atom stereocenters. The minimum Gasteiger partial charge on any atom is -0.483 e. The van der Waals surface area contributed by atoms with Crippen molar-refractivity contribution < 1.29 is 14.3 Å². The molecule has 1 aromatic heterocycles. The normalized spacial score (nSPS) is 10.4. The quantitative estimate of drug-likeness (QED) is 0.720. The standard InChI is InChI=1S/C19H21N3O3/c1-2-21-19(24)14-25-17-8-4-3-7-16(17)9-10-18(23)22-13-15-6-5-11-20-12-15/h3-12H,2,13-14H2,1H3,(H,21,24)(H,22,23). The molecule has 6 heteroatoms. The molecule has 0 bridgehead atoms. The Labute approximate surface area is 146 Å². The average Bonchev–Trinajstić information content (AvgIpc) is 2.64. The minimum absolute atomic E-state index is 0.0636. The molecule has 2 amide bonds. The molecule has 0 aliphatic carbocycles. The van der Waals surface area contributed by atoms with E-state index in [2.05, 4.69) is 15.6 Å². The van der Waals surface area contributed by atoms with Crippen LogP contribution in [0.2, 0.25) is 0 Å². The first kappa shape index (κ1) is 18.2. The van der Waals surface area contributed by atoms with Crippen LogP contribution in [0.3, 0.4) is 0 Å². The van der Waals surface area contributed by atoms with Crippen LogP contribution < -0.4 is 15.4 Å². The van der Waals surface area contributed by atoms with Crippen molar-refractivity contribution in [2.24, 2.45) is 0 Å². The lowest BCUT2D eigenvalue weighted by atomic mass is 10.2. The Morgan fingerprint density at radius 1 is 1.16 bits per heavy atom. The molecule has 25 heavy (non-hydrogen) atoms. The fourth-order valence-electron chi connectivity index (χ4n) is 2.06. The van der Waals surface area contributed by atoms with Gasteiger partial charge in [0.15, 0.2) is 6.61 Å². The summed E-state index contributed by atoms with van der Waals surface area (Å²) in [7, 11) is 0. The van der Waals surface area contributed by atoms with Crippen LogP contribution in [-0.2, 0) is 16.1 Å². The number of benzene rings is 1. The lowest BCUT2D eigenvalue weighted by Gasteiger charge is -2.09. The second-order valence-corrected chi connectivity index (χ2v) is 5.19. The van der Waals surface area contributed by atoms with Gasteiger partial charge in [-0.25, -0.2) is 0 Å². The smallest absolute Gasteiger partial charge is 0.257 e. The van der Waals surface area contributed by atoms with Gasteiger partial charge in [0.2, 0.25) is 5.91 Å². The van der Waals surface area contributed by atoms with E-state index in [0.717, 1.165) is 11.1 Å². The third-order valence-corrected chi connectivity index (χ3v) is 3.26. The van der Waals surface area contributed by atoms with Gasteiger partial charge in [-0.2, -0.15) is 0 Å². The molecule has 2 N–H and O–H groups in total. The Hall–Kier alpha value is -3.15. The first-order valence-corrected chi connectivity index (χ1v) is 8.02. The molecule has 0 spiro atoms. The van der Waals surface area contributed by atoms with E-state index in [0.29, 0.717) is 18.8 Å². The lowest BCUT2D eigenvalue weighted by molar-refractivity contribution is -0.123. The van der Waals surface area contributed by atoms with E-state index < -0.39 is 0 Å². The van der Waals surface area contributed by atoms with Crippen molar-refractivity contribution in [3.05, 3.63) is 66.0 Å². The Morgan fingerprint density at radius 3 is 2.76 bits per heavy atom. The fourth-order valence-corrected chi connectivity index (χ4v) is 2.06. The first-order chi connectivity index (χ1) is 12.2. The average molecular weight is 339 g/mol. The van der Waals surface area contributed by atoms with Gasteiger partial charge < -0.3 is 15.4 Å². The van der Waals surface area contributed by atoms with Crippen molar-refractivity contribution in [1.29, 1.82) is 0 Å². The summed E-state index contributed by atoms with van der Waals surface area (Å²) in [4.78, 5) is 27.4. The van der Waals surface area contributed by atoms with Gasteiger partial charge in [-0.15, -0.1) is 0 Å². The molecule has 0 saturated heterocycles. The summed E-state index contributed by atoms with van der Waals surface area (Å²) in [5, 5.41) is 5.45. The van der Waals surface area contributed by atoms with Crippen LogP contribution in [0.1, 0.15) is 18.1 Å². The van der Waals surface area contributed by atoms with Crippen molar-refractivity contribution in [1.82, 2.24) is 15.6 Å². The molecule has 0 saturated carbocycles. The van der Waals surface area contributed by atoms with Crippen LogP contribution in [0, 0.1) is 0 Å². The van der Waals surface area contributed by atoms with Crippen LogP contribution in [-0.4, -0.2) is 29.9 Å². The van der Waals surface area contributed by atoms with Gasteiger partial charge in [-0.05, 0) is 30.7 Å². The fraction of sp³-hybridized carbons (Fsp3) is 0.211. The van der Waals surface area contributed by atoms with Crippen LogP contribution in [0.25, 0.3) is 6.08 Å². The van der Waals surface area contributed by atoms with Crippen LogP contribution in [0.15, 0.2) is 54.9 Å². The van der Waals surface area contributed by atoms with Gasteiger partial charge in [0.25, 0.3) is 5.91 Å². The number of hydrogen-bond acceptors (Lipinski definition) is 4. The lowest BCUT2D eigenvalue weighted by Crippen LogP contribution is -2.28. The molecule has 0 aliphatic heterocycles. The van der Waals surface area contributed by atoms with Gasteiger partial charge in [0.1, 0.15) is 5.75 Å². The molecule has 2 rings (SSSR count). The molecule has 2 aromatic rings. The van der Waals surface area contributed by atoms with Crippen LogP contribution in [0.4, 0.5) is 0 Å². The molecule has 1 aromatic carbocycles. The molecule has 0 aliphatic rings. The minimum atomic E-state index is -0.220. The number of likely N-dealkylation sites (N-methyl/N-ethyl adjacent to an activating group) is 1. The Kier molecular flexibility index (Phi) is 7.18. The number of carbonyl (C=O) groups excluding carboxylic acids is 2. The largest absolute Gasteiger partial charge is 0.483 e. The number of para-hydroxylation sites is 1. The second kappa shape index (κ2) is 9.87. The SMILES string of the molecule is CCNC(=O)COc1ccccc1C=CC(=O)NCc1cccnc1. The second-order valence-electron chi connectivity index (χ2n) is 5.19. The van der Waals surface area contributed by atoms with Gasteiger partial charge in [-0.1, -0.05) is 24.3 Å². The van der Waals surface area contributed by atoms with Gasteiger partial charge in [0.05, 0.1) is 0 Å². The summed E-state index contributed by atoms with van der Waals surface area (Å²) in [6.45, 7) is 2.75. The van der Waals surface area contributed by atoms with Gasteiger partial charge >= 0.3 is 0 Å². The summed E-state index contributed by atoms with van der Waals surface area (Å²) in [5.74, 6) is 0.142. The van der Waals surface area contributed by atoms with E-state index in [1.807, 2.05) is 37.3 Å². The predicted molar refractivity (Wildman–Crippen MR) is 95.7 cm³/mol. The number of nitrogens with zero attached hydrogens (tertiary/aromatic N) is 1. The van der Waals surface area contributed by atoms with E-state index in [1.54, 1.807) is 24.5 Å². The molecule has 0 atom stereocenters. The number of nitrogens with one attached hydrogen (secondary N) is 2. The monoisotopic (exact) mass is 339 g/mol. The summed E-state index contributed by atoms with van der Waals surface area (Å²) in [6, 6.07) is 10.9. The van der Waals surface area contributed by atoms with E-state index in [1.165, 1.54) is 6.08 Å². The molecule has 0 radical (unpaired) electrons. The zero-order valence-corrected chi connectivity index (χ0v) is 14.1. The number of aromatic nitrogens is 1. The molecule has 130 valence electrons. The highest BCUT2D eigenvalue weighted by atomic mass is 16.5. The van der Waals surface area contributed by atoms with Crippen LogP contribution >= 0.6 is 0 Å². The number of carbonyl (C=O) groups is 2. The van der Waals surface area contributed by atoms with Crippen molar-refractivity contribution in [2.45, 2.75) is 13.5 Å². The summed E-state index contributed by atoms with van der Waals surface area (Å²) >= 11 is 0. The van der Waals surface area contributed by atoms with Gasteiger partial charge in [0, 0.05) is 37.1 Å².